The van der Waals surface area contributed by atoms with Crippen LogP contribution in [0.5, 0.6) is 0 Å². The van der Waals surface area contributed by atoms with Crippen molar-refractivity contribution in [1.82, 2.24) is 15.1 Å². The number of hydrogen-bond donors (Lipinski definition) is 2. The largest absolute Gasteiger partial charge is 0.395 e. The van der Waals surface area contributed by atoms with Crippen LogP contribution >= 0.6 is 0 Å². The van der Waals surface area contributed by atoms with Gasteiger partial charge in [0.25, 0.3) is 0 Å². The van der Waals surface area contributed by atoms with Crippen molar-refractivity contribution in [2.24, 2.45) is 4.99 Å². The molecule has 2 N–H and O–H groups in total. The molecular weight excluding hydrogens is 428 g/mol. The zero-order chi connectivity index (χ0) is 24.3. The van der Waals surface area contributed by atoms with E-state index >= 15 is 0 Å². The first-order chi connectivity index (χ1) is 16.6. The van der Waals surface area contributed by atoms with Gasteiger partial charge in [0.2, 0.25) is 0 Å². The van der Waals surface area contributed by atoms with Crippen molar-refractivity contribution in [3.63, 3.8) is 0 Å². The van der Waals surface area contributed by atoms with Gasteiger partial charge in [-0.2, -0.15) is 0 Å². The van der Waals surface area contributed by atoms with Crippen molar-refractivity contribution in [2.75, 3.05) is 52.4 Å². The van der Waals surface area contributed by atoms with Crippen molar-refractivity contribution in [1.29, 1.82) is 0 Å². The maximum Gasteiger partial charge on any atom is 0.168 e. The Morgan fingerprint density at radius 1 is 1.12 bits per heavy atom. The lowest BCUT2D eigenvalue weighted by atomic mass is 9.78. The Morgan fingerprint density at radius 2 is 1.76 bits per heavy atom. The van der Waals surface area contributed by atoms with Gasteiger partial charge in [-0.1, -0.05) is 30.3 Å². The van der Waals surface area contributed by atoms with Gasteiger partial charge in [0.05, 0.1) is 12.2 Å². The minimum Gasteiger partial charge on any atom is -0.395 e. The van der Waals surface area contributed by atoms with Gasteiger partial charge in [0.1, 0.15) is 0 Å². The van der Waals surface area contributed by atoms with Crippen LogP contribution in [0.1, 0.15) is 36.8 Å². The van der Waals surface area contributed by atoms with E-state index in [-0.39, 0.29) is 29.7 Å². The number of piperazine rings is 1. The molecule has 0 spiro atoms. The fraction of sp³-hybridized carbons (Fsp3) is 0.444. The Labute approximate surface area is 202 Å². The number of Topliss-reactive ketones (excluding diaryl/α,β-unsaturated/α-hetero) is 2. The van der Waals surface area contributed by atoms with Gasteiger partial charge in [-0.25, -0.2) is 0 Å². The molecule has 1 aromatic carbocycles. The minimum absolute atomic E-state index is 0.105. The first-order valence-electron chi connectivity index (χ1n) is 12.0. The molecule has 2 aliphatic rings. The summed E-state index contributed by atoms with van der Waals surface area (Å²) in [5.41, 5.74) is 3.30. The minimum atomic E-state index is -0.136. The number of aliphatic imine (C=N–C) groups is 1. The zero-order valence-corrected chi connectivity index (χ0v) is 20.1. The first kappa shape index (κ1) is 25.7. The molecule has 2 fully saturated rings. The molecule has 1 heterocycles. The van der Waals surface area contributed by atoms with E-state index in [1.54, 1.807) is 12.4 Å². The predicted octanol–water partition coefficient (Wildman–Crippen LogP) is 2.40. The van der Waals surface area contributed by atoms with E-state index in [2.05, 4.69) is 26.8 Å². The van der Waals surface area contributed by atoms with Crippen LogP contribution in [0.25, 0.3) is 5.57 Å². The molecule has 0 bridgehead atoms. The summed E-state index contributed by atoms with van der Waals surface area (Å²) >= 11 is 0. The van der Waals surface area contributed by atoms with Crippen LogP contribution in [0.2, 0.25) is 0 Å². The summed E-state index contributed by atoms with van der Waals surface area (Å²) in [7, 11) is 0. The van der Waals surface area contributed by atoms with Gasteiger partial charge < -0.3 is 10.4 Å². The molecular formula is C27H36N4O3. The summed E-state index contributed by atoms with van der Waals surface area (Å²) in [6.07, 6.45) is 7.79. The SMILES string of the molecule is C=N/C=C\C(=C/C)c1ccccc1C1CC(=O)C(=CNCCN2CCN(CCO)CC2)C(=O)C1. The quantitative estimate of drug-likeness (QED) is 0.182. The molecule has 1 saturated heterocycles. The third-order valence-corrected chi connectivity index (χ3v) is 6.55. The number of rotatable bonds is 10. The Bertz CT molecular complexity index is 938. The predicted molar refractivity (Wildman–Crippen MR) is 137 cm³/mol. The Hall–Kier alpha value is -2.87. The van der Waals surface area contributed by atoms with E-state index < -0.39 is 0 Å². The second-order valence-electron chi connectivity index (χ2n) is 8.70. The molecule has 1 aliphatic heterocycles. The molecule has 1 aliphatic carbocycles. The molecule has 0 amide bonds. The number of ketones is 2. The zero-order valence-electron chi connectivity index (χ0n) is 20.1. The van der Waals surface area contributed by atoms with Crippen molar-refractivity contribution in [3.05, 3.63) is 65.5 Å². The van der Waals surface area contributed by atoms with Gasteiger partial charge in [-0.05, 0) is 42.3 Å². The number of allylic oxidation sites excluding steroid dienone is 4. The number of benzene rings is 1. The third kappa shape index (κ3) is 6.82. The molecule has 0 aromatic heterocycles. The smallest absolute Gasteiger partial charge is 0.168 e. The third-order valence-electron chi connectivity index (χ3n) is 6.55. The number of nitrogens with one attached hydrogen (secondary N) is 1. The summed E-state index contributed by atoms with van der Waals surface area (Å²) in [6, 6.07) is 7.94. The van der Waals surface area contributed by atoms with Gasteiger partial charge in [-0.15, -0.1) is 0 Å². The molecule has 0 radical (unpaired) electrons. The van der Waals surface area contributed by atoms with E-state index in [1.165, 1.54) is 0 Å². The first-order valence-corrected chi connectivity index (χ1v) is 12.0. The van der Waals surface area contributed by atoms with Crippen molar-refractivity contribution in [2.45, 2.75) is 25.7 Å². The highest BCUT2D eigenvalue weighted by atomic mass is 16.3. The van der Waals surface area contributed by atoms with Gasteiger partial charge in [0.15, 0.2) is 11.6 Å². The maximum atomic E-state index is 12.9. The number of aliphatic hydroxyl groups is 1. The van der Waals surface area contributed by atoms with Crippen LogP contribution in [0.3, 0.4) is 0 Å². The van der Waals surface area contributed by atoms with E-state index in [9.17, 15) is 9.59 Å². The van der Waals surface area contributed by atoms with Gasteiger partial charge in [-0.3, -0.25) is 24.4 Å². The standard InChI is InChI=1S/C27H36N4O3/c1-3-21(8-9-28-2)23-6-4-5-7-24(23)22-18-26(33)25(27(34)19-22)20-29-10-11-30-12-14-31(15-13-30)16-17-32/h3-9,20,22,29,32H,2,10-19H2,1H3/b9-8-,21-3+,25-20?. The Kier molecular flexibility index (Phi) is 9.94. The lowest BCUT2D eigenvalue weighted by molar-refractivity contribution is -0.124. The van der Waals surface area contributed by atoms with E-state index in [0.717, 1.165) is 56.0 Å². The second kappa shape index (κ2) is 13.1. The highest BCUT2D eigenvalue weighted by Crippen LogP contribution is 2.35. The van der Waals surface area contributed by atoms with Crippen LogP contribution in [0.4, 0.5) is 0 Å². The highest BCUT2D eigenvalue weighted by Gasteiger charge is 2.32. The molecule has 3 rings (SSSR count). The summed E-state index contributed by atoms with van der Waals surface area (Å²) in [5.74, 6) is -0.346. The van der Waals surface area contributed by atoms with Crippen molar-refractivity contribution >= 4 is 23.9 Å². The number of aliphatic hydroxyl groups excluding tert-OH is 1. The average molecular weight is 465 g/mol. The topological polar surface area (TPSA) is 85.2 Å². The summed E-state index contributed by atoms with van der Waals surface area (Å²) in [5, 5.41) is 12.2. The second-order valence-corrected chi connectivity index (χ2v) is 8.70. The summed E-state index contributed by atoms with van der Waals surface area (Å²) in [4.78, 5) is 34.2. The van der Waals surface area contributed by atoms with Gasteiger partial charge in [0, 0.05) is 71.1 Å². The number of carbonyl (C=O) groups excluding carboxylic acids is 2. The molecule has 7 nitrogen and oxygen atoms in total. The Morgan fingerprint density at radius 3 is 2.38 bits per heavy atom. The van der Waals surface area contributed by atoms with Crippen LogP contribution in [-0.4, -0.2) is 85.6 Å². The summed E-state index contributed by atoms with van der Waals surface area (Å²) < 4.78 is 0. The maximum absolute atomic E-state index is 12.9. The lowest BCUT2D eigenvalue weighted by Crippen LogP contribution is -2.48. The van der Waals surface area contributed by atoms with Crippen LogP contribution < -0.4 is 5.32 Å². The molecule has 1 saturated carbocycles. The van der Waals surface area contributed by atoms with Crippen molar-refractivity contribution in [3.8, 4) is 0 Å². The molecule has 34 heavy (non-hydrogen) atoms. The van der Waals surface area contributed by atoms with E-state index in [0.29, 0.717) is 19.4 Å². The molecule has 0 atom stereocenters. The van der Waals surface area contributed by atoms with E-state index in [1.807, 2.05) is 43.3 Å². The van der Waals surface area contributed by atoms with Crippen LogP contribution in [0.15, 0.2) is 59.4 Å². The van der Waals surface area contributed by atoms with E-state index in [4.69, 9.17) is 5.11 Å². The fourth-order valence-corrected chi connectivity index (χ4v) is 4.64. The Balaban J connectivity index is 1.57. The highest BCUT2D eigenvalue weighted by molar-refractivity contribution is 6.22. The number of hydrogen-bond acceptors (Lipinski definition) is 7. The van der Waals surface area contributed by atoms with Gasteiger partial charge >= 0.3 is 0 Å². The molecule has 0 unspecified atom stereocenters. The fourth-order valence-electron chi connectivity index (χ4n) is 4.64. The number of carbonyl (C=O) groups is 2. The lowest BCUT2D eigenvalue weighted by Gasteiger charge is -2.34. The number of nitrogens with zero attached hydrogens (tertiary/aromatic N) is 3. The van der Waals surface area contributed by atoms with Crippen LogP contribution in [-0.2, 0) is 9.59 Å². The molecule has 182 valence electrons. The van der Waals surface area contributed by atoms with Crippen molar-refractivity contribution < 1.29 is 14.7 Å². The number of β-amino-alcohol motifs (C(OH)–C–C–N with tert-alkyl or cyclic N) is 1. The average Bonchev–Trinajstić information content (AvgIpc) is 2.85. The monoisotopic (exact) mass is 464 g/mol. The van der Waals surface area contributed by atoms with Crippen LogP contribution in [0, 0.1) is 0 Å². The molecule has 1 aromatic rings. The molecule has 7 heteroatoms. The normalized spacial score (nSPS) is 20.7. The summed E-state index contributed by atoms with van der Waals surface area (Å²) in [6.45, 7) is 11.7.